The van der Waals surface area contributed by atoms with Gasteiger partial charge in [-0.25, -0.2) is 8.42 Å². The topological polar surface area (TPSA) is 75.7 Å². The maximum atomic E-state index is 13.0. The lowest BCUT2D eigenvalue weighted by Gasteiger charge is -2.23. The molecule has 0 heterocycles. The van der Waals surface area contributed by atoms with Gasteiger partial charge in [0.2, 0.25) is 15.9 Å². The summed E-state index contributed by atoms with van der Waals surface area (Å²) in [7, 11) is -2.26. The normalized spacial score (nSPS) is 12.7. The number of nitrogens with one attached hydrogen (secondary N) is 1. The average molecular weight is 433 g/mol. The summed E-state index contributed by atoms with van der Waals surface area (Å²) >= 11 is 0. The maximum absolute atomic E-state index is 13.0. The third-order valence-electron chi connectivity index (χ3n) is 5.40. The van der Waals surface area contributed by atoms with E-state index in [4.69, 9.17) is 4.74 Å². The molecule has 0 aliphatic heterocycles. The number of sulfonamides is 1. The zero-order valence-corrected chi connectivity index (χ0v) is 19.7. The summed E-state index contributed by atoms with van der Waals surface area (Å²) < 4.78 is 32.5. The first-order valence-corrected chi connectivity index (χ1v) is 11.5. The molecule has 0 fully saturated rings. The molecule has 2 aromatic carbocycles. The van der Waals surface area contributed by atoms with E-state index in [9.17, 15) is 13.2 Å². The van der Waals surface area contributed by atoms with Gasteiger partial charge in [-0.3, -0.25) is 4.79 Å². The molecule has 1 N–H and O–H groups in total. The predicted octanol–water partition coefficient (Wildman–Crippen LogP) is 3.82. The van der Waals surface area contributed by atoms with Gasteiger partial charge >= 0.3 is 0 Å². The van der Waals surface area contributed by atoms with Crippen LogP contribution in [-0.4, -0.2) is 38.8 Å². The van der Waals surface area contributed by atoms with Gasteiger partial charge in [0.25, 0.3) is 0 Å². The third-order valence-corrected chi connectivity index (χ3v) is 7.32. The summed E-state index contributed by atoms with van der Waals surface area (Å²) in [5.74, 6) is 0.281. The molecule has 1 amide bonds. The molecular formula is C23H32N2O4S. The van der Waals surface area contributed by atoms with Crippen molar-refractivity contribution in [1.82, 2.24) is 9.62 Å². The molecule has 0 bridgehead atoms. The molecule has 0 spiro atoms. The zero-order chi connectivity index (χ0) is 22.6. The number of carbonyl (C=O) groups excluding carboxylic acids is 1. The van der Waals surface area contributed by atoms with Crippen LogP contribution < -0.4 is 10.1 Å². The van der Waals surface area contributed by atoms with E-state index in [1.807, 2.05) is 20.8 Å². The Bertz CT molecular complexity index is 1030. The number of likely N-dealkylation sites (N-methyl/N-ethyl adjacent to an activating group) is 1. The average Bonchev–Trinajstić information content (AvgIpc) is 2.68. The van der Waals surface area contributed by atoms with Crippen molar-refractivity contribution in [2.45, 2.75) is 52.5 Å². The molecule has 1 atom stereocenters. The van der Waals surface area contributed by atoms with Crippen LogP contribution in [0.25, 0.3) is 0 Å². The van der Waals surface area contributed by atoms with Gasteiger partial charge in [0, 0.05) is 6.54 Å². The van der Waals surface area contributed by atoms with Crippen molar-refractivity contribution in [2.75, 3.05) is 20.2 Å². The molecule has 0 saturated carbocycles. The van der Waals surface area contributed by atoms with Gasteiger partial charge in [0.15, 0.2) is 0 Å². The Morgan fingerprint density at radius 3 is 2.23 bits per heavy atom. The minimum Gasteiger partial charge on any atom is -0.496 e. The van der Waals surface area contributed by atoms with Crippen molar-refractivity contribution in [1.29, 1.82) is 0 Å². The number of hydrogen-bond donors (Lipinski definition) is 1. The van der Waals surface area contributed by atoms with E-state index in [1.54, 1.807) is 26.0 Å². The first-order valence-electron chi connectivity index (χ1n) is 10.0. The van der Waals surface area contributed by atoms with Crippen molar-refractivity contribution in [3.05, 3.63) is 58.1 Å². The van der Waals surface area contributed by atoms with Crippen LogP contribution in [0.4, 0.5) is 0 Å². The molecule has 164 valence electrons. The van der Waals surface area contributed by atoms with Gasteiger partial charge in [-0.15, -0.1) is 0 Å². The second kappa shape index (κ2) is 9.62. The minimum absolute atomic E-state index is 0.147. The summed E-state index contributed by atoms with van der Waals surface area (Å²) in [4.78, 5) is 12.8. The molecule has 6 nitrogen and oxygen atoms in total. The van der Waals surface area contributed by atoms with E-state index in [2.05, 4.69) is 24.4 Å². The van der Waals surface area contributed by atoms with Crippen LogP contribution in [0.1, 0.15) is 47.7 Å². The van der Waals surface area contributed by atoms with Crippen LogP contribution in [0.15, 0.2) is 35.2 Å². The largest absolute Gasteiger partial charge is 0.496 e. The highest BCUT2D eigenvalue weighted by atomic mass is 32.2. The number of benzene rings is 2. The minimum atomic E-state index is -3.80. The molecule has 0 radical (unpaired) electrons. The highest BCUT2D eigenvalue weighted by Gasteiger charge is 2.26. The lowest BCUT2D eigenvalue weighted by atomic mass is 9.96. The maximum Gasteiger partial charge on any atom is 0.243 e. The Morgan fingerprint density at radius 1 is 1.03 bits per heavy atom. The zero-order valence-electron chi connectivity index (χ0n) is 18.9. The summed E-state index contributed by atoms with van der Waals surface area (Å²) in [6, 6.07) is 8.65. The molecule has 7 heteroatoms. The lowest BCUT2D eigenvalue weighted by Crippen LogP contribution is -2.41. The van der Waals surface area contributed by atoms with Crippen LogP contribution in [0, 0.1) is 27.7 Å². The first-order chi connectivity index (χ1) is 14.0. The number of aryl methyl sites for hydroxylation is 4. The fourth-order valence-electron chi connectivity index (χ4n) is 3.50. The number of hydrogen-bond acceptors (Lipinski definition) is 4. The van der Waals surface area contributed by atoms with E-state index in [-0.39, 0.29) is 29.9 Å². The second-order valence-corrected chi connectivity index (χ2v) is 9.58. The van der Waals surface area contributed by atoms with Crippen LogP contribution in [0.5, 0.6) is 5.75 Å². The summed E-state index contributed by atoms with van der Waals surface area (Å²) in [6.07, 6.45) is 0. The number of methoxy groups -OCH3 is 1. The van der Waals surface area contributed by atoms with Crippen LogP contribution >= 0.6 is 0 Å². The van der Waals surface area contributed by atoms with Crippen molar-refractivity contribution >= 4 is 15.9 Å². The van der Waals surface area contributed by atoms with Crippen molar-refractivity contribution in [2.24, 2.45) is 0 Å². The van der Waals surface area contributed by atoms with Crippen molar-refractivity contribution < 1.29 is 17.9 Å². The SMILES string of the molecule is CCN(CC(=O)N[C@H](C)c1cc(C)c(C)cc1C)S(=O)(=O)c1ccc(OC)c(C)c1. The van der Waals surface area contributed by atoms with Crippen LogP contribution in [0.3, 0.4) is 0 Å². The number of nitrogens with zero attached hydrogens (tertiary/aromatic N) is 1. The van der Waals surface area contributed by atoms with Gasteiger partial charge in [0.1, 0.15) is 5.75 Å². The first kappa shape index (κ1) is 23.9. The molecule has 0 unspecified atom stereocenters. The molecule has 2 aromatic rings. The molecule has 0 saturated heterocycles. The predicted molar refractivity (Wildman–Crippen MR) is 119 cm³/mol. The van der Waals surface area contributed by atoms with Crippen LogP contribution in [-0.2, 0) is 14.8 Å². The number of ether oxygens (including phenoxy) is 1. The summed E-state index contributed by atoms with van der Waals surface area (Å²) in [6.45, 7) is 11.5. The molecule has 0 aromatic heterocycles. The van der Waals surface area contributed by atoms with E-state index < -0.39 is 10.0 Å². The van der Waals surface area contributed by atoms with Gasteiger partial charge in [-0.05, 0) is 80.6 Å². The number of rotatable bonds is 8. The smallest absolute Gasteiger partial charge is 0.243 e. The molecule has 0 aliphatic carbocycles. The fraction of sp³-hybridized carbons (Fsp3) is 0.435. The number of carbonyl (C=O) groups is 1. The summed E-state index contributed by atoms with van der Waals surface area (Å²) in [5.41, 5.74) is 5.21. The van der Waals surface area contributed by atoms with E-state index in [1.165, 1.54) is 23.0 Å². The molecular weight excluding hydrogens is 400 g/mol. The highest BCUT2D eigenvalue weighted by Crippen LogP contribution is 2.24. The van der Waals surface area contributed by atoms with E-state index in [0.29, 0.717) is 5.75 Å². The summed E-state index contributed by atoms with van der Waals surface area (Å²) in [5, 5.41) is 2.94. The van der Waals surface area contributed by atoms with Crippen LogP contribution in [0.2, 0.25) is 0 Å². The molecule has 2 rings (SSSR count). The Labute approximate surface area is 180 Å². The Balaban J connectivity index is 2.17. The van der Waals surface area contributed by atoms with Crippen molar-refractivity contribution in [3.8, 4) is 5.75 Å². The number of amides is 1. The monoisotopic (exact) mass is 432 g/mol. The standard InChI is InChI=1S/C23H32N2O4S/c1-8-25(30(27,28)20-9-10-22(29-7)18(5)12-20)14-23(26)24-19(6)21-13-16(3)15(2)11-17(21)4/h9-13,19H,8,14H2,1-7H3,(H,24,26)/t19-/m1/s1. The van der Waals surface area contributed by atoms with E-state index in [0.717, 1.165) is 22.3 Å². The lowest BCUT2D eigenvalue weighted by molar-refractivity contribution is -0.121. The van der Waals surface area contributed by atoms with Gasteiger partial charge < -0.3 is 10.1 Å². The van der Waals surface area contributed by atoms with E-state index >= 15 is 0 Å². The third kappa shape index (κ3) is 5.21. The molecule has 0 aliphatic rings. The Morgan fingerprint density at radius 2 is 1.67 bits per heavy atom. The Kier molecular flexibility index (Phi) is 7.66. The fourth-order valence-corrected chi connectivity index (χ4v) is 4.99. The second-order valence-electron chi connectivity index (χ2n) is 7.64. The Hall–Kier alpha value is -2.38. The quantitative estimate of drug-likeness (QED) is 0.688. The highest BCUT2D eigenvalue weighted by molar-refractivity contribution is 7.89. The van der Waals surface area contributed by atoms with Gasteiger partial charge in [-0.1, -0.05) is 19.1 Å². The van der Waals surface area contributed by atoms with Gasteiger partial charge in [-0.2, -0.15) is 4.31 Å². The van der Waals surface area contributed by atoms with Crippen molar-refractivity contribution in [3.63, 3.8) is 0 Å². The molecule has 30 heavy (non-hydrogen) atoms. The van der Waals surface area contributed by atoms with Gasteiger partial charge in [0.05, 0.1) is 24.6 Å².